The first kappa shape index (κ1) is 18.4. The van der Waals surface area contributed by atoms with Crippen LogP contribution in [0.5, 0.6) is 0 Å². The van der Waals surface area contributed by atoms with Gasteiger partial charge in [0.15, 0.2) is 0 Å². The van der Waals surface area contributed by atoms with Crippen LogP contribution in [-0.2, 0) is 16.0 Å². The van der Waals surface area contributed by atoms with Gasteiger partial charge in [-0.1, -0.05) is 41.9 Å². The van der Waals surface area contributed by atoms with Crippen molar-refractivity contribution in [3.63, 3.8) is 0 Å². The molecule has 1 N–H and O–H groups in total. The van der Waals surface area contributed by atoms with E-state index in [4.69, 9.17) is 16.3 Å². The van der Waals surface area contributed by atoms with Crippen LogP contribution in [0.25, 0.3) is 0 Å². The summed E-state index contributed by atoms with van der Waals surface area (Å²) < 4.78 is 5.29. The molecule has 1 aliphatic rings. The molecule has 0 atom stereocenters. The summed E-state index contributed by atoms with van der Waals surface area (Å²) >= 11 is 6.13. The Morgan fingerprint density at radius 2 is 1.73 bits per heavy atom. The lowest BCUT2D eigenvalue weighted by atomic mass is 10.1. The van der Waals surface area contributed by atoms with E-state index in [1.54, 1.807) is 29.2 Å². The number of hydrogen-bond acceptors (Lipinski definition) is 3. The first-order valence-electron chi connectivity index (χ1n) is 8.64. The number of anilines is 1. The third-order valence-electron chi connectivity index (χ3n) is 4.31. The van der Waals surface area contributed by atoms with Gasteiger partial charge in [0.2, 0.25) is 5.91 Å². The fraction of sp³-hybridized carbons (Fsp3) is 0.300. The number of ether oxygens (including phenoxy) is 1. The van der Waals surface area contributed by atoms with Gasteiger partial charge < -0.3 is 15.0 Å². The third kappa shape index (κ3) is 4.62. The molecule has 136 valence electrons. The van der Waals surface area contributed by atoms with E-state index < -0.39 is 0 Å². The second-order valence-corrected chi connectivity index (χ2v) is 6.50. The molecule has 0 aliphatic carbocycles. The Morgan fingerprint density at radius 1 is 1.04 bits per heavy atom. The number of hydrogen-bond donors (Lipinski definition) is 1. The molecular formula is C20H21ClN2O3. The first-order chi connectivity index (χ1) is 12.6. The average molecular weight is 373 g/mol. The van der Waals surface area contributed by atoms with E-state index in [-0.39, 0.29) is 11.8 Å². The van der Waals surface area contributed by atoms with Crippen LogP contribution in [-0.4, -0.2) is 43.0 Å². The maximum absolute atomic E-state index is 12.7. The number of amides is 2. The topological polar surface area (TPSA) is 58.6 Å². The first-order valence-corrected chi connectivity index (χ1v) is 9.02. The fourth-order valence-corrected chi connectivity index (χ4v) is 3.11. The van der Waals surface area contributed by atoms with Crippen molar-refractivity contribution in [2.45, 2.75) is 12.8 Å². The van der Waals surface area contributed by atoms with Crippen molar-refractivity contribution >= 4 is 29.1 Å². The van der Waals surface area contributed by atoms with Gasteiger partial charge in [-0.25, -0.2) is 0 Å². The Morgan fingerprint density at radius 3 is 2.50 bits per heavy atom. The molecule has 1 aliphatic heterocycles. The normalized spacial score (nSPS) is 14.1. The highest BCUT2D eigenvalue weighted by Crippen LogP contribution is 2.20. The van der Waals surface area contributed by atoms with Gasteiger partial charge in [0.05, 0.1) is 24.5 Å². The van der Waals surface area contributed by atoms with Crippen molar-refractivity contribution in [1.29, 1.82) is 0 Å². The smallest absolute Gasteiger partial charge is 0.256 e. The van der Waals surface area contributed by atoms with Gasteiger partial charge in [-0.15, -0.1) is 0 Å². The zero-order valence-corrected chi connectivity index (χ0v) is 15.2. The van der Waals surface area contributed by atoms with Crippen molar-refractivity contribution in [1.82, 2.24) is 4.90 Å². The van der Waals surface area contributed by atoms with E-state index in [1.807, 2.05) is 24.3 Å². The predicted octanol–water partition coefficient (Wildman–Crippen LogP) is 3.38. The molecule has 0 spiro atoms. The number of aryl methyl sites for hydroxylation is 1. The quantitative estimate of drug-likeness (QED) is 0.875. The summed E-state index contributed by atoms with van der Waals surface area (Å²) in [6, 6.07) is 14.6. The molecule has 0 radical (unpaired) electrons. The van der Waals surface area contributed by atoms with Crippen LogP contribution >= 0.6 is 11.6 Å². The van der Waals surface area contributed by atoms with Gasteiger partial charge in [0.1, 0.15) is 0 Å². The summed E-state index contributed by atoms with van der Waals surface area (Å²) in [6.07, 6.45) is 0.842. The molecule has 2 amide bonds. The molecule has 5 nitrogen and oxygen atoms in total. The predicted molar refractivity (Wildman–Crippen MR) is 102 cm³/mol. The number of nitrogens with one attached hydrogen (secondary N) is 1. The maximum Gasteiger partial charge on any atom is 0.256 e. The maximum atomic E-state index is 12.7. The number of benzene rings is 2. The lowest BCUT2D eigenvalue weighted by Gasteiger charge is -2.27. The van der Waals surface area contributed by atoms with E-state index in [0.29, 0.717) is 55.4 Å². The van der Waals surface area contributed by atoms with Crippen LogP contribution in [0.15, 0.2) is 48.5 Å². The van der Waals surface area contributed by atoms with Crippen LogP contribution in [0.3, 0.4) is 0 Å². The van der Waals surface area contributed by atoms with Gasteiger partial charge in [0.25, 0.3) is 5.91 Å². The molecule has 2 aromatic carbocycles. The van der Waals surface area contributed by atoms with E-state index in [1.165, 1.54) is 0 Å². The highest BCUT2D eigenvalue weighted by atomic mass is 35.5. The summed E-state index contributed by atoms with van der Waals surface area (Å²) in [5.74, 6) is -0.234. The Bertz CT molecular complexity index is 788. The van der Waals surface area contributed by atoms with Crippen LogP contribution in [0.2, 0.25) is 5.02 Å². The van der Waals surface area contributed by atoms with E-state index in [9.17, 15) is 9.59 Å². The lowest BCUT2D eigenvalue weighted by molar-refractivity contribution is -0.116. The molecule has 26 heavy (non-hydrogen) atoms. The summed E-state index contributed by atoms with van der Waals surface area (Å²) in [7, 11) is 0. The van der Waals surface area contributed by atoms with Crippen LogP contribution < -0.4 is 5.32 Å². The molecule has 2 aromatic rings. The van der Waals surface area contributed by atoms with Gasteiger partial charge >= 0.3 is 0 Å². The van der Waals surface area contributed by atoms with Crippen LogP contribution in [0.1, 0.15) is 22.3 Å². The average Bonchev–Trinajstić information content (AvgIpc) is 2.68. The summed E-state index contributed by atoms with van der Waals surface area (Å²) in [4.78, 5) is 26.8. The van der Waals surface area contributed by atoms with E-state index >= 15 is 0 Å². The van der Waals surface area contributed by atoms with Gasteiger partial charge in [0, 0.05) is 24.5 Å². The number of carbonyl (C=O) groups excluding carboxylic acids is 2. The Kier molecular flexibility index (Phi) is 6.26. The zero-order valence-electron chi connectivity index (χ0n) is 14.4. The highest BCUT2D eigenvalue weighted by Gasteiger charge is 2.21. The highest BCUT2D eigenvalue weighted by molar-refractivity contribution is 6.31. The molecule has 1 saturated heterocycles. The minimum absolute atomic E-state index is 0.0877. The molecule has 0 unspecified atom stereocenters. The summed E-state index contributed by atoms with van der Waals surface area (Å²) in [5.41, 5.74) is 1.97. The molecule has 0 bridgehead atoms. The van der Waals surface area contributed by atoms with Crippen molar-refractivity contribution in [2.75, 3.05) is 31.6 Å². The second-order valence-electron chi connectivity index (χ2n) is 6.09. The van der Waals surface area contributed by atoms with Gasteiger partial charge in [-0.3, -0.25) is 9.59 Å². The summed E-state index contributed by atoms with van der Waals surface area (Å²) in [5, 5.41) is 3.52. The van der Waals surface area contributed by atoms with Crippen LogP contribution in [0, 0.1) is 0 Å². The third-order valence-corrected chi connectivity index (χ3v) is 4.68. The number of carbonyl (C=O) groups is 2. The number of morpholine rings is 1. The summed E-state index contributed by atoms with van der Waals surface area (Å²) in [6.45, 7) is 2.21. The molecule has 1 fully saturated rings. The van der Waals surface area contributed by atoms with E-state index in [2.05, 4.69) is 5.32 Å². The Labute approximate surface area is 157 Å². The van der Waals surface area contributed by atoms with Crippen molar-refractivity contribution in [2.24, 2.45) is 0 Å². The largest absolute Gasteiger partial charge is 0.378 e. The standard InChI is InChI=1S/C20H21ClN2O3/c21-17-7-3-1-5-15(17)9-10-19(24)22-18-8-4-2-6-16(18)20(25)23-11-13-26-14-12-23/h1-8H,9-14H2,(H,22,24). The molecule has 6 heteroatoms. The molecule has 1 heterocycles. The number of halogens is 1. The number of nitrogens with zero attached hydrogens (tertiary/aromatic N) is 1. The second kappa shape index (κ2) is 8.83. The molecular weight excluding hydrogens is 352 g/mol. The van der Waals surface area contributed by atoms with Crippen molar-refractivity contribution in [3.8, 4) is 0 Å². The molecule has 3 rings (SSSR count). The number of rotatable bonds is 5. The zero-order chi connectivity index (χ0) is 18.4. The molecule has 0 aromatic heterocycles. The Balaban J connectivity index is 1.65. The fourth-order valence-electron chi connectivity index (χ4n) is 2.88. The van der Waals surface area contributed by atoms with Crippen molar-refractivity contribution in [3.05, 3.63) is 64.7 Å². The van der Waals surface area contributed by atoms with Crippen molar-refractivity contribution < 1.29 is 14.3 Å². The monoisotopic (exact) mass is 372 g/mol. The Hall–Kier alpha value is -2.37. The van der Waals surface area contributed by atoms with E-state index in [0.717, 1.165) is 5.56 Å². The number of para-hydroxylation sites is 1. The van der Waals surface area contributed by atoms with Gasteiger partial charge in [-0.05, 0) is 30.2 Å². The minimum Gasteiger partial charge on any atom is -0.378 e. The minimum atomic E-state index is -0.146. The lowest BCUT2D eigenvalue weighted by Crippen LogP contribution is -2.41. The van der Waals surface area contributed by atoms with Gasteiger partial charge in [-0.2, -0.15) is 0 Å². The molecule has 0 saturated carbocycles. The SMILES string of the molecule is O=C(CCc1ccccc1Cl)Nc1ccccc1C(=O)N1CCOCC1. The van der Waals surface area contributed by atoms with Crippen LogP contribution in [0.4, 0.5) is 5.69 Å².